The average Bonchev–Trinajstić information content (AvgIpc) is 3.21. The first-order valence-corrected chi connectivity index (χ1v) is 10.5. The van der Waals surface area contributed by atoms with Crippen molar-refractivity contribution in [3.8, 4) is 11.8 Å². The Labute approximate surface area is 188 Å². The van der Waals surface area contributed by atoms with Crippen LogP contribution in [0.1, 0.15) is 44.9 Å². The zero-order valence-electron chi connectivity index (χ0n) is 17.7. The van der Waals surface area contributed by atoms with Gasteiger partial charge in [-0.05, 0) is 48.4 Å². The summed E-state index contributed by atoms with van der Waals surface area (Å²) >= 11 is 1.18. The number of pyridine rings is 1. The van der Waals surface area contributed by atoms with Crippen molar-refractivity contribution in [1.29, 1.82) is 5.26 Å². The predicted octanol–water partition coefficient (Wildman–Crippen LogP) is 5.13. The Kier molecular flexibility index (Phi) is 7.38. The summed E-state index contributed by atoms with van der Waals surface area (Å²) in [5, 5.41) is 13.7. The van der Waals surface area contributed by atoms with Gasteiger partial charge < -0.3 is 4.74 Å². The Hall–Kier alpha value is -3.51. The molecule has 3 aromatic rings. The number of nitrogens with zero attached hydrogens (tertiary/aromatic N) is 4. The summed E-state index contributed by atoms with van der Waals surface area (Å²) in [4.78, 5) is 16.3. The quantitative estimate of drug-likeness (QED) is 0.267. The molecule has 0 bridgehead atoms. The number of hydrogen-bond acceptors (Lipinski definition) is 6. The van der Waals surface area contributed by atoms with Gasteiger partial charge in [-0.3, -0.25) is 9.48 Å². The zero-order valence-corrected chi connectivity index (χ0v) is 18.5. The molecule has 0 saturated carbocycles. The van der Waals surface area contributed by atoms with Crippen molar-refractivity contribution < 1.29 is 18.3 Å². The van der Waals surface area contributed by atoms with Crippen LogP contribution in [0.15, 0.2) is 47.6 Å². The smallest absolute Gasteiger partial charge is 0.280 e. The molecular weight excluding hydrogens is 434 g/mol. The minimum absolute atomic E-state index is 0.182. The van der Waals surface area contributed by atoms with E-state index < -0.39 is 6.43 Å². The summed E-state index contributed by atoms with van der Waals surface area (Å²) in [6.45, 7) is 1.61. The standard InChI is InChI=1S/C23H20F2N4O2S/c1-14-10-18(22(24)25)28-23(17(14)12-26)32-13-16-11-15(5-7-21(16)31-3)4-6-20(30)19-8-9-27-29(19)2/h4-11,22H,13H2,1-3H3/b6-4+. The van der Waals surface area contributed by atoms with Gasteiger partial charge in [0, 0.05) is 24.6 Å². The maximum Gasteiger partial charge on any atom is 0.280 e. The number of ketones is 1. The van der Waals surface area contributed by atoms with Gasteiger partial charge in [-0.1, -0.05) is 12.1 Å². The number of rotatable bonds is 8. The highest BCUT2D eigenvalue weighted by molar-refractivity contribution is 7.98. The van der Waals surface area contributed by atoms with Gasteiger partial charge in [0.2, 0.25) is 5.78 Å². The Morgan fingerprint density at radius 2 is 2.12 bits per heavy atom. The van der Waals surface area contributed by atoms with Crippen molar-refractivity contribution >= 4 is 23.6 Å². The third kappa shape index (κ3) is 5.21. The number of ether oxygens (including phenoxy) is 1. The molecule has 0 saturated heterocycles. The summed E-state index contributed by atoms with van der Waals surface area (Å²) in [5.74, 6) is 0.765. The molecule has 0 amide bonds. The minimum atomic E-state index is -2.72. The maximum atomic E-state index is 13.2. The Morgan fingerprint density at radius 1 is 1.34 bits per heavy atom. The van der Waals surface area contributed by atoms with E-state index in [0.717, 1.165) is 11.1 Å². The molecule has 6 nitrogen and oxygen atoms in total. The number of benzene rings is 1. The van der Waals surface area contributed by atoms with Gasteiger partial charge in [-0.15, -0.1) is 11.8 Å². The fourth-order valence-electron chi connectivity index (χ4n) is 3.05. The molecule has 2 aromatic heterocycles. The number of carbonyl (C=O) groups excluding carboxylic acids is 1. The van der Waals surface area contributed by atoms with E-state index in [9.17, 15) is 18.8 Å². The third-order valence-corrected chi connectivity index (χ3v) is 5.73. The van der Waals surface area contributed by atoms with Gasteiger partial charge in [0.05, 0.1) is 12.7 Å². The number of thioether (sulfide) groups is 1. The summed E-state index contributed by atoms with van der Waals surface area (Å²) in [7, 11) is 3.23. The van der Waals surface area contributed by atoms with Crippen molar-refractivity contribution in [3.05, 3.63) is 76.2 Å². The molecular formula is C23H20F2N4O2S. The molecule has 3 rings (SSSR count). The highest BCUT2D eigenvalue weighted by atomic mass is 32.2. The Bertz CT molecular complexity index is 1220. The van der Waals surface area contributed by atoms with E-state index in [1.807, 2.05) is 12.1 Å². The van der Waals surface area contributed by atoms with Crippen molar-refractivity contribution in [2.24, 2.45) is 7.05 Å². The first-order chi connectivity index (χ1) is 15.3. The van der Waals surface area contributed by atoms with Crippen LogP contribution in [-0.2, 0) is 12.8 Å². The summed E-state index contributed by atoms with van der Waals surface area (Å²) in [6.07, 6.45) is 1.97. The number of halogens is 2. The first-order valence-electron chi connectivity index (χ1n) is 9.54. The van der Waals surface area contributed by atoms with Crippen LogP contribution in [-0.4, -0.2) is 27.7 Å². The van der Waals surface area contributed by atoms with Crippen molar-refractivity contribution in [1.82, 2.24) is 14.8 Å². The minimum Gasteiger partial charge on any atom is -0.496 e. The predicted molar refractivity (Wildman–Crippen MR) is 118 cm³/mol. The normalized spacial score (nSPS) is 11.2. The van der Waals surface area contributed by atoms with Gasteiger partial charge in [0.25, 0.3) is 6.43 Å². The van der Waals surface area contributed by atoms with Gasteiger partial charge in [-0.25, -0.2) is 13.8 Å². The van der Waals surface area contributed by atoms with Crippen LogP contribution in [0, 0.1) is 18.3 Å². The SMILES string of the molecule is COc1ccc(/C=C/C(=O)c2ccnn2C)cc1CSc1nc(C(F)F)cc(C)c1C#N. The van der Waals surface area contributed by atoms with E-state index in [1.165, 1.54) is 35.7 Å². The molecule has 0 fully saturated rings. The van der Waals surface area contributed by atoms with Crippen LogP contribution in [0.3, 0.4) is 0 Å². The second kappa shape index (κ2) is 10.2. The van der Waals surface area contributed by atoms with E-state index in [1.54, 1.807) is 44.4 Å². The molecule has 0 radical (unpaired) electrons. The highest BCUT2D eigenvalue weighted by Gasteiger charge is 2.17. The molecule has 0 aliphatic carbocycles. The zero-order chi connectivity index (χ0) is 23.3. The lowest BCUT2D eigenvalue weighted by Gasteiger charge is -2.12. The summed E-state index contributed by atoms with van der Waals surface area (Å²) in [5.41, 5.74) is 2.38. The topological polar surface area (TPSA) is 80.8 Å². The van der Waals surface area contributed by atoms with Crippen molar-refractivity contribution in [3.63, 3.8) is 0 Å². The van der Waals surface area contributed by atoms with Crippen LogP contribution in [0.25, 0.3) is 6.08 Å². The molecule has 164 valence electrons. The van der Waals surface area contributed by atoms with Crippen molar-refractivity contribution in [2.45, 2.75) is 24.1 Å². The number of nitriles is 1. The van der Waals surface area contributed by atoms with Gasteiger partial charge in [0.15, 0.2) is 0 Å². The van der Waals surface area contributed by atoms with Crippen LogP contribution in [0.5, 0.6) is 5.75 Å². The van der Waals surface area contributed by atoms with Crippen LogP contribution >= 0.6 is 11.8 Å². The monoisotopic (exact) mass is 454 g/mol. The molecule has 0 aliphatic rings. The van der Waals surface area contributed by atoms with Crippen molar-refractivity contribution in [2.75, 3.05) is 7.11 Å². The summed E-state index contributed by atoms with van der Waals surface area (Å²) in [6, 6.07) is 10.3. The number of aryl methyl sites for hydroxylation is 2. The lowest BCUT2D eigenvalue weighted by atomic mass is 10.1. The number of alkyl halides is 2. The molecule has 32 heavy (non-hydrogen) atoms. The maximum absolute atomic E-state index is 13.2. The second-order valence-corrected chi connectivity index (χ2v) is 7.82. The fraction of sp³-hybridized carbons (Fsp3) is 0.217. The third-order valence-electron chi connectivity index (χ3n) is 4.71. The summed E-state index contributed by atoms with van der Waals surface area (Å²) < 4.78 is 33.2. The van der Waals surface area contributed by atoms with E-state index in [4.69, 9.17) is 4.74 Å². The first kappa shape index (κ1) is 23.2. The van der Waals surface area contributed by atoms with Gasteiger partial charge in [0.1, 0.15) is 28.2 Å². The number of hydrogen-bond donors (Lipinski definition) is 0. The average molecular weight is 455 g/mol. The molecule has 2 heterocycles. The number of carbonyl (C=O) groups is 1. The van der Waals surface area contributed by atoms with E-state index in [2.05, 4.69) is 10.1 Å². The second-order valence-electron chi connectivity index (χ2n) is 6.85. The molecule has 0 aliphatic heterocycles. The molecule has 9 heteroatoms. The molecule has 1 aromatic carbocycles. The van der Waals surface area contributed by atoms with E-state index in [-0.39, 0.29) is 22.1 Å². The van der Waals surface area contributed by atoms with Crippen LogP contribution in [0.2, 0.25) is 0 Å². The Balaban J connectivity index is 1.84. The lowest BCUT2D eigenvalue weighted by molar-refractivity contribution is 0.103. The van der Waals surface area contributed by atoms with E-state index >= 15 is 0 Å². The fourth-order valence-corrected chi connectivity index (χ4v) is 4.09. The highest BCUT2D eigenvalue weighted by Crippen LogP contribution is 2.32. The van der Waals surface area contributed by atoms with Crippen LogP contribution in [0.4, 0.5) is 8.78 Å². The van der Waals surface area contributed by atoms with Gasteiger partial charge >= 0.3 is 0 Å². The lowest BCUT2D eigenvalue weighted by Crippen LogP contribution is -2.03. The molecule has 0 atom stereocenters. The van der Waals surface area contributed by atoms with E-state index in [0.29, 0.717) is 22.8 Å². The van der Waals surface area contributed by atoms with Gasteiger partial charge in [-0.2, -0.15) is 10.4 Å². The number of methoxy groups -OCH3 is 1. The molecule has 0 spiro atoms. The Morgan fingerprint density at radius 3 is 2.75 bits per heavy atom. The van der Waals surface area contributed by atoms with Crippen LogP contribution < -0.4 is 4.74 Å². The largest absolute Gasteiger partial charge is 0.496 e. The number of aromatic nitrogens is 3. The number of allylic oxidation sites excluding steroid dienone is 1. The molecule has 0 unspecified atom stereocenters. The molecule has 0 N–H and O–H groups in total.